The van der Waals surface area contributed by atoms with Crippen molar-refractivity contribution < 1.29 is 28.8 Å². The Labute approximate surface area is 232 Å². The van der Waals surface area contributed by atoms with E-state index in [4.69, 9.17) is 9.47 Å². The SMILES string of the molecule is CC(C)(C)OC(=O)NCCCCN1N=C(c2ccc(NC(=O)Oc3ccc([N+](=O)[O-])cc3)cc2)CC(C)(C)C1=O. The zero-order valence-corrected chi connectivity index (χ0v) is 23.4. The fourth-order valence-corrected chi connectivity index (χ4v) is 3.90. The first-order valence-corrected chi connectivity index (χ1v) is 12.9. The maximum atomic E-state index is 13.0. The molecule has 0 fully saturated rings. The zero-order valence-electron chi connectivity index (χ0n) is 23.4. The van der Waals surface area contributed by atoms with E-state index in [1.807, 2.05) is 13.8 Å². The van der Waals surface area contributed by atoms with Gasteiger partial charge in [0.1, 0.15) is 11.4 Å². The van der Waals surface area contributed by atoms with E-state index in [1.54, 1.807) is 45.0 Å². The lowest BCUT2D eigenvalue weighted by atomic mass is 9.82. The van der Waals surface area contributed by atoms with Crippen molar-refractivity contribution in [2.75, 3.05) is 18.4 Å². The molecule has 1 aliphatic rings. The number of alkyl carbamates (subject to hydrolysis) is 1. The lowest BCUT2D eigenvalue weighted by Gasteiger charge is -2.34. The second kappa shape index (κ2) is 12.6. The highest BCUT2D eigenvalue weighted by molar-refractivity contribution is 6.06. The van der Waals surface area contributed by atoms with Crippen molar-refractivity contribution in [3.8, 4) is 5.75 Å². The Balaban J connectivity index is 1.56. The first kappa shape index (κ1) is 30.1. The molecule has 1 heterocycles. The number of nitrogens with one attached hydrogen (secondary N) is 2. The second-order valence-electron chi connectivity index (χ2n) is 11.0. The average Bonchev–Trinajstić information content (AvgIpc) is 2.85. The minimum atomic E-state index is -0.740. The van der Waals surface area contributed by atoms with Gasteiger partial charge in [0.05, 0.1) is 16.0 Å². The molecule has 12 heteroatoms. The van der Waals surface area contributed by atoms with E-state index in [0.717, 1.165) is 11.3 Å². The van der Waals surface area contributed by atoms with Gasteiger partial charge in [-0.05, 0) is 63.4 Å². The van der Waals surface area contributed by atoms with Crippen molar-refractivity contribution >= 4 is 35.2 Å². The number of carbonyl (C=O) groups excluding carboxylic acids is 3. The van der Waals surface area contributed by atoms with Crippen LogP contribution in [0.4, 0.5) is 21.0 Å². The largest absolute Gasteiger partial charge is 0.444 e. The molecule has 0 radical (unpaired) electrons. The number of nitro benzene ring substituents is 1. The van der Waals surface area contributed by atoms with Gasteiger partial charge in [-0.1, -0.05) is 26.0 Å². The van der Waals surface area contributed by atoms with Crippen LogP contribution in [0.1, 0.15) is 59.4 Å². The molecule has 2 N–H and O–H groups in total. The fourth-order valence-electron chi connectivity index (χ4n) is 3.90. The maximum Gasteiger partial charge on any atom is 0.417 e. The van der Waals surface area contributed by atoms with Crippen LogP contribution >= 0.6 is 0 Å². The van der Waals surface area contributed by atoms with E-state index in [0.29, 0.717) is 38.0 Å². The van der Waals surface area contributed by atoms with Crippen molar-refractivity contribution in [2.24, 2.45) is 10.5 Å². The molecule has 0 atom stereocenters. The third kappa shape index (κ3) is 8.79. The number of hydrogen-bond donors (Lipinski definition) is 2. The van der Waals surface area contributed by atoms with Crippen LogP contribution in [0, 0.1) is 15.5 Å². The summed E-state index contributed by atoms with van der Waals surface area (Å²) in [4.78, 5) is 47.2. The molecule has 0 bridgehead atoms. The third-order valence-electron chi connectivity index (χ3n) is 5.85. The van der Waals surface area contributed by atoms with Gasteiger partial charge >= 0.3 is 12.2 Å². The minimum absolute atomic E-state index is 0.0661. The molecule has 3 amide bonds. The number of unbranched alkanes of at least 4 members (excludes halogenated alkanes) is 1. The molecule has 0 aromatic heterocycles. The monoisotopic (exact) mass is 553 g/mol. The summed E-state index contributed by atoms with van der Waals surface area (Å²) in [5.74, 6) is 0.104. The van der Waals surface area contributed by atoms with E-state index in [2.05, 4.69) is 15.7 Å². The first-order valence-electron chi connectivity index (χ1n) is 12.9. The molecule has 3 rings (SSSR count). The van der Waals surface area contributed by atoms with Gasteiger partial charge in [-0.2, -0.15) is 5.10 Å². The van der Waals surface area contributed by atoms with Crippen LogP contribution < -0.4 is 15.4 Å². The van der Waals surface area contributed by atoms with Gasteiger partial charge in [-0.25, -0.2) is 14.6 Å². The molecule has 0 saturated heterocycles. The summed E-state index contributed by atoms with van der Waals surface area (Å²) < 4.78 is 10.4. The molecular formula is C28H35N5O7. The summed E-state index contributed by atoms with van der Waals surface area (Å²) in [7, 11) is 0. The summed E-state index contributed by atoms with van der Waals surface area (Å²) in [6.45, 7) is 10.0. The van der Waals surface area contributed by atoms with Gasteiger partial charge < -0.3 is 14.8 Å². The highest BCUT2D eigenvalue weighted by Crippen LogP contribution is 2.31. The quantitative estimate of drug-likeness (QED) is 0.237. The van der Waals surface area contributed by atoms with E-state index < -0.39 is 28.1 Å². The van der Waals surface area contributed by atoms with Gasteiger partial charge in [0, 0.05) is 37.3 Å². The standard InChI is InChI=1S/C28H35N5O7/c1-27(2,3)40-25(35)29-16-6-7-17-32-24(34)28(4,5)18-23(31-32)19-8-10-20(11-9-19)30-26(36)39-22-14-12-21(13-15-22)33(37)38/h8-15H,6-7,16-18H2,1-5H3,(H,29,35)(H,30,36). The topological polar surface area (TPSA) is 152 Å². The van der Waals surface area contributed by atoms with Crippen LogP contribution in [-0.2, 0) is 9.53 Å². The Kier molecular flexibility index (Phi) is 9.46. The second-order valence-corrected chi connectivity index (χ2v) is 11.0. The normalized spacial score (nSPS) is 14.7. The van der Waals surface area contributed by atoms with Gasteiger partial charge in [0.2, 0.25) is 5.91 Å². The summed E-state index contributed by atoms with van der Waals surface area (Å²) >= 11 is 0. The van der Waals surface area contributed by atoms with Crippen molar-refractivity contribution in [3.63, 3.8) is 0 Å². The minimum Gasteiger partial charge on any atom is -0.444 e. The molecule has 0 saturated carbocycles. The lowest BCUT2D eigenvalue weighted by Crippen LogP contribution is -2.44. The molecule has 0 spiro atoms. The Morgan fingerprint density at radius 2 is 1.70 bits per heavy atom. The number of non-ortho nitro benzene ring substituents is 1. The van der Waals surface area contributed by atoms with Crippen molar-refractivity contribution in [3.05, 3.63) is 64.2 Å². The molecule has 12 nitrogen and oxygen atoms in total. The molecule has 40 heavy (non-hydrogen) atoms. The maximum absolute atomic E-state index is 13.0. The summed E-state index contributed by atoms with van der Waals surface area (Å²) in [6, 6.07) is 12.2. The number of benzene rings is 2. The van der Waals surface area contributed by atoms with Crippen molar-refractivity contribution in [1.82, 2.24) is 10.3 Å². The summed E-state index contributed by atoms with van der Waals surface area (Å²) in [5, 5.41) is 22.2. The number of ether oxygens (including phenoxy) is 2. The Morgan fingerprint density at radius 3 is 2.30 bits per heavy atom. The highest BCUT2D eigenvalue weighted by Gasteiger charge is 2.37. The van der Waals surface area contributed by atoms with Crippen molar-refractivity contribution in [2.45, 2.75) is 59.5 Å². The van der Waals surface area contributed by atoms with E-state index in [-0.39, 0.29) is 17.3 Å². The number of nitrogens with zero attached hydrogens (tertiary/aromatic N) is 3. The van der Waals surface area contributed by atoms with Gasteiger partial charge in [0.25, 0.3) is 5.69 Å². The lowest BCUT2D eigenvalue weighted by molar-refractivity contribution is -0.384. The molecule has 0 unspecified atom stereocenters. The molecule has 214 valence electrons. The van der Waals surface area contributed by atoms with Crippen LogP contribution in [0.3, 0.4) is 0 Å². The number of anilines is 1. The predicted molar refractivity (Wildman–Crippen MR) is 149 cm³/mol. The van der Waals surface area contributed by atoms with Crippen LogP contribution in [0.25, 0.3) is 0 Å². The highest BCUT2D eigenvalue weighted by atomic mass is 16.6. The van der Waals surface area contributed by atoms with Crippen LogP contribution in [0.5, 0.6) is 5.75 Å². The van der Waals surface area contributed by atoms with Gasteiger partial charge in [-0.3, -0.25) is 20.2 Å². The summed E-state index contributed by atoms with van der Waals surface area (Å²) in [5.41, 5.74) is 0.734. The first-order chi connectivity index (χ1) is 18.7. The molecular weight excluding hydrogens is 518 g/mol. The zero-order chi connectivity index (χ0) is 29.5. The predicted octanol–water partition coefficient (Wildman–Crippen LogP) is 5.47. The Morgan fingerprint density at radius 1 is 1.05 bits per heavy atom. The van der Waals surface area contributed by atoms with E-state index in [9.17, 15) is 24.5 Å². The molecule has 2 aromatic rings. The molecule has 2 aromatic carbocycles. The number of rotatable bonds is 9. The van der Waals surface area contributed by atoms with Gasteiger partial charge in [0.15, 0.2) is 0 Å². The number of carbonyl (C=O) groups is 3. The Hall–Kier alpha value is -4.48. The van der Waals surface area contributed by atoms with Crippen LogP contribution in [0.15, 0.2) is 53.6 Å². The van der Waals surface area contributed by atoms with Gasteiger partial charge in [-0.15, -0.1) is 0 Å². The Bertz CT molecular complexity index is 1270. The van der Waals surface area contributed by atoms with E-state index in [1.165, 1.54) is 29.3 Å². The number of hydrazone groups is 1. The summed E-state index contributed by atoms with van der Waals surface area (Å²) in [6.07, 6.45) is 0.548. The molecule has 0 aliphatic carbocycles. The number of hydrogen-bond acceptors (Lipinski definition) is 8. The smallest absolute Gasteiger partial charge is 0.417 e. The van der Waals surface area contributed by atoms with Crippen molar-refractivity contribution in [1.29, 1.82) is 0 Å². The fraction of sp³-hybridized carbons (Fsp3) is 0.429. The van der Waals surface area contributed by atoms with Crippen LogP contribution in [0.2, 0.25) is 0 Å². The third-order valence-corrected chi connectivity index (χ3v) is 5.85. The number of amides is 3. The van der Waals surface area contributed by atoms with Crippen LogP contribution in [-0.4, -0.2) is 52.4 Å². The number of nitro groups is 1. The molecule has 1 aliphatic heterocycles. The van der Waals surface area contributed by atoms with E-state index >= 15 is 0 Å². The average molecular weight is 554 g/mol.